The lowest BCUT2D eigenvalue weighted by Gasteiger charge is -2.40. The molecule has 1 aliphatic heterocycles. The molecule has 4 nitrogen and oxygen atoms in total. The van der Waals surface area contributed by atoms with Gasteiger partial charge in [0, 0.05) is 19.7 Å². The largest absolute Gasteiger partial charge is 0.383 e. The second kappa shape index (κ2) is 6.67. The number of nitrogens with zero attached hydrogens (tertiary/aromatic N) is 2. The van der Waals surface area contributed by atoms with Gasteiger partial charge in [0.2, 0.25) is 0 Å². The van der Waals surface area contributed by atoms with Crippen LogP contribution in [0, 0.1) is 11.3 Å². The highest BCUT2D eigenvalue weighted by molar-refractivity contribution is 5.35. The van der Waals surface area contributed by atoms with E-state index in [4.69, 9.17) is 15.7 Å². The van der Waals surface area contributed by atoms with Gasteiger partial charge >= 0.3 is 0 Å². The quantitative estimate of drug-likeness (QED) is 0.893. The second-order valence-corrected chi connectivity index (χ2v) is 5.02. The topological polar surface area (TPSA) is 62.3 Å². The standard InChI is InChI=1S/C15H21N3O/c1-19-9-8-18-7-3-6-14(17)15(18)13-5-2-4-12(10-13)11-16/h2,4-5,10,14-15H,3,6-9,17H2,1H3. The fourth-order valence-electron chi connectivity index (χ4n) is 2.81. The zero-order valence-corrected chi connectivity index (χ0v) is 11.4. The molecule has 0 aliphatic carbocycles. The molecule has 0 aromatic heterocycles. The molecule has 0 saturated carbocycles. The summed E-state index contributed by atoms with van der Waals surface area (Å²) < 4.78 is 5.17. The average molecular weight is 259 g/mol. The number of ether oxygens (including phenoxy) is 1. The third kappa shape index (κ3) is 3.32. The van der Waals surface area contributed by atoms with Crippen LogP contribution in [0.2, 0.25) is 0 Å². The summed E-state index contributed by atoms with van der Waals surface area (Å²) in [5.74, 6) is 0. The molecule has 2 N–H and O–H groups in total. The van der Waals surface area contributed by atoms with Gasteiger partial charge in [-0.3, -0.25) is 4.90 Å². The van der Waals surface area contributed by atoms with Gasteiger partial charge in [-0.05, 0) is 37.1 Å². The molecule has 2 rings (SSSR count). The molecule has 0 bridgehead atoms. The normalized spacial score (nSPS) is 24.1. The fraction of sp³-hybridized carbons (Fsp3) is 0.533. The highest BCUT2D eigenvalue weighted by Crippen LogP contribution is 2.30. The molecule has 0 spiro atoms. The number of piperidine rings is 1. The van der Waals surface area contributed by atoms with Gasteiger partial charge in [-0.15, -0.1) is 0 Å². The van der Waals surface area contributed by atoms with E-state index in [-0.39, 0.29) is 12.1 Å². The monoisotopic (exact) mass is 259 g/mol. The van der Waals surface area contributed by atoms with E-state index in [0.717, 1.165) is 31.5 Å². The van der Waals surface area contributed by atoms with Gasteiger partial charge in [-0.1, -0.05) is 12.1 Å². The van der Waals surface area contributed by atoms with Crippen LogP contribution in [0.25, 0.3) is 0 Å². The van der Waals surface area contributed by atoms with E-state index in [1.807, 2.05) is 18.2 Å². The number of likely N-dealkylation sites (tertiary alicyclic amines) is 1. The number of methoxy groups -OCH3 is 1. The maximum absolute atomic E-state index is 9.02. The third-order valence-corrected chi connectivity index (χ3v) is 3.72. The highest BCUT2D eigenvalue weighted by atomic mass is 16.5. The Morgan fingerprint density at radius 3 is 3.11 bits per heavy atom. The van der Waals surface area contributed by atoms with Crippen LogP contribution in [0.5, 0.6) is 0 Å². The van der Waals surface area contributed by atoms with Gasteiger partial charge in [0.1, 0.15) is 0 Å². The maximum Gasteiger partial charge on any atom is 0.0991 e. The Labute approximate surface area is 114 Å². The van der Waals surface area contributed by atoms with Gasteiger partial charge in [0.05, 0.1) is 24.3 Å². The zero-order chi connectivity index (χ0) is 13.7. The third-order valence-electron chi connectivity index (χ3n) is 3.72. The van der Waals surface area contributed by atoms with E-state index in [0.29, 0.717) is 12.2 Å². The molecule has 2 atom stereocenters. The Kier molecular flexibility index (Phi) is 4.92. The van der Waals surface area contributed by atoms with Crippen LogP contribution >= 0.6 is 0 Å². The van der Waals surface area contributed by atoms with Crippen molar-refractivity contribution in [2.75, 3.05) is 26.8 Å². The van der Waals surface area contributed by atoms with E-state index in [9.17, 15) is 0 Å². The summed E-state index contributed by atoms with van der Waals surface area (Å²) in [5, 5.41) is 9.02. The summed E-state index contributed by atoms with van der Waals surface area (Å²) in [7, 11) is 1.72. The molecule has 1 aromatic carbocycles. The van der Waals surface area contributed by atoms with Gasteiger partial charge in [-0.25, -0.2) is 0 Å². The average Bonchev–Trinajstić information content (AvgIpc) is 2.45. The maximum atomic E-state index is 9.02. The Bertz CT molecular complexity index is 455. The smallest absolute Gasteiger partial charge is 0.0991 e. The minimum absolute atomic E-state index is 0.125. The molecule has 1 aromatic rings. The SMILES string of the molecule is COCCN1CCCC(N)C1c1cccc(C#N)c1. The minimum Gasteiger partial charge on any atom is -0.383 e. The molecular weight excluding hydrogens is 238 g/mol. The van der Waals surface area contributed by atoms with Crippen molar-refractivity contribution in [3.63, 3.8) is 0 Å². The number of nitrogens with two attached hydrogens (primary N) is 1. The van der Waals surface area contributed by atoms with Crippen molar-refractivity contribution in [3.8, 4) is 6.07 Å². The lowest BCUT2D eigenvalue weighted by atomic mass is 9.90. The number of nitriles is 1. The van der Waals surface area contributed by atoms with Gasteiger partial charge in [0.15, 0.2) is 0 Å². The van der Waals surface area contributed by atoms with Crippen molar-refractivity contribution in [2.24, 2.45) is 5.73 Å². The molecule has 2 unspecified atom stereocenters. The van der Waals surface area contributed by atoms with Gasteiger partial charge in [0.25, 0.3) is 0 Å². The second-order valence-electron chi connectivity index (χ2n) is 5.02. The van der Waals surface area contributed by atoms with E-state index in [2.05, 4.69) is 17.0 Å². The van der Waals surface area contributed by atoms with Crippen molar-refractivity contribution in [1.82, 2.24) is 4.90 Å². The van der Waals surface area contributed by atoms with Crippen LogP contribution in [-0.4, -0.2) is 37.7 Å². The van der Waals surface area contributed by atoms with E-state index >= 15 is 0 Å². The van der Waals surface area contributed by atoms with Crippen LogP contribution < -0.4 is 5.73 Å². The van der Waals surface area contributed by atoms with Crippen LogP contribution in [-0.2, 0) is 4.74 Å². The van der Waals surface area contributed by atoms with Crippen molar-refractivity contribution in [1.29, 1.82) is 5.26 Å². The van der Waals surface area contributed by atoms with Crippen LogP contribution in [0.15, 0.2) is 24.3 Å². The molecule has 4 heteroatoms. The first-order valence-electron chi connectivity index (χ1n) is 6.75. The summed E-state index contributed by atoms with van der Waals surface area (Å²) in [6.07, 6.45) is 2.16. The number of hydrogen-bond donors (Lipinski definition) is 1. The van der Waals surface area contributed by atoms with Gasteiger partial charge < -0.3 is 10.5 Å². The first-order chi connectivity index (χ1) is 9.26. The summed E-state index contributed by atoms with van der Waals surface area (Å²) in [4.78, 5) is 2.37. The highest BCUT2D eigenvalue weighted by Gasteiger charge is 2.30. The number of hydrogen-bond acceptors (Lipinski definition) is 4. The lowest BCUT2D eigenvalue weighted by molar-refractivity contribution is 0.0848. The summed E-state index contributed by atoms with van der Waals surface area (Å²) in [6.45, 7) is 2.63. The summed E-state index contributed by atoms with van der Waals surface area (Å²) in [5.41, 5.74) is 8.14. The Morgan fingerprint density at radius 2 is 2.37 bits per heavy atom. The Hall–Kier alpha value is -1.41. The number of benzene rings is 1. The van der Waals surface area contributed by atoms with Crippen LogP contribution in [0.3, 0.4) is 0 Å². The minimum atomic E-state index is 0.125. The molecule has 1 fully saturated rings. The molecule has 19 heavy (non-hydrogen) atoms. The van der Waals surface area contributed by atoms with E-state index < -0.39 is 0 Å². The van der Waals surface area contributed by atoms with Crippen molar-refractivity contribution >= 4 is 0 Å². The Balaban J connectivity index is 2.22. The first-order valence-corrected chi connectivity index (χ1v) is 6.75. The summed E-state index contributed by atoms with van der Waals surface area (Å²) >= 11 is 0. The fourth-order valence-corrected chi connectivity index (χ4v) is 2.81. The van der Waals surface area contributed by atoms with Crippen molar-refractivity contribution in [3.05, 3.63) is 35.4 Å². The molecule has 0 amide bonds. The molecule has 1 heterocycles. The molecule has 1 aliphatic rings. The molecule has 102 valence electrons. The lowest BCUT2D eigenvalue weighted by Crippen LogP contribution is -2.46. The van der Waals surface area contributed by atoms with Crippen molar-refractivity contribution in [2.45, 2.75) is 24.9 Å². The predicted molar refractivity (Wildman–Crippen MR) is 74.6 cm³/mol. The first kappa shape index (κ1) is 14.0. The van der Waals surface area contributed by atoms with Gasteiger partial charge in [-0.2, -0.15) is 5.26 Å². The predicted octanol–water partition coefficient (Wildman–Crippen LogP) is 1.67. The van der Waals surface area contributed by atoms with E-state index in [1.165, 1.54) is 0 Å². The van der Waals surface area contributed by atoms with Crippen LogP contribution in [0.1, 0.15) is 30.0 Å². The van der Waals surface area contributed by atoms with E-state index in [1.54, 1.807) is 7.11 Å². The molecule has 1 saturated heterocycles. The molecular formula is C15H21N3O. The van der Waals surface area contributed by atoms with Crippen LogP contribution in [0.4, 0.5) is 0 Å². The number of rotatable bonds is 4. The summed E-state index contributed by atoms with van der Waals surface area (Å²) in [6, 6.07) is 10.3. The zero-order valence-electron chi connectivity index (χ0n) is 11.4. The molecule has 0 radical (unpaired) electrons. The van der Waals surface area contributed by atoms with Crippen molar-refractivity contribution < 1.29 is 4.74 Å². The Morgan fingerprint density at radius 1 is 1.53 bits per heavy atom.